The molecule has 0 radical (unpaired) electrons. The number of halogens is 1. The van der Waals surface area contributed by atoms with Crippen LogP contribution in [0.15, 0.2) is 66.7 Å². The van der Waals surface area contributed by atoms with Crippen molar-refractivity contribution in [3.63, 3.8) is 0 Å². The van der Waals surface area contributed by atoms with Gasteiger partial charge in [0.1, 0.15) is 17.3 Å². The molecule has 0 saturated heterocycles. The third-order valence-corrected chi connectivity index (χ3v) is 4.55. The van der Waals surface area contributed by atoms with Gasteiger partial charge in [-0.25, -0.2) is 13.9 Å². The Kier molecular flexibility index (Phi) is 4.53. The fourth-order valence-corrected chi connectivity index (χ4v) is 3.21. The van der Waals surface area contributed by atoms with Crippen LogP contribution in [0.3, 0.4) is 0 Å². The van der Waals surface area contributed by atoms with E-state index in [0.29, 0.717) is 22.6 Å². The van der Waals surface area contributed by atoms with E-state index < -0.39 is 11.8 Å². The van der Waals surface area contributed by atoms with Crippen LogP contribution in [0.5, 0.6) is 5.75 Å². The van der Waals surface area contributed by atoms with Gasteiger partial charge in [-0.05, 0) is 42.5 Å². The number of fused-ring (bicyclic) bond motifs is 1. The van der Waals surface area contributed by atoms with Crippen molar-refractivity contribution < 1.29 is 18.7 Å². The van der Waals surface area contributed by atoms with Crippen molar-refractivity contribution in [3.8, 4) is 22.7 Å². The van der Waals surface area contributed by atoms with Crippen molar-refractivity contribution in [1.82, 2.24) is 9.78 Å². The van der Waals surface area contributed by atoms with Gasteiger partial charge in [0.05, 0.1) is 36.6 Å². The van der Waals surface area contributed by atoms with Gasteiger partial charge >= 0.3 is 5.97 Å². The summed E-state index contributed by atoms with van der Waals surface area (Å²) in [6.07, 6.45) is 0. The van der Waals surface area contributed by atoms with Crippen LogP contribution in [0.2, 0.25) is 0 Å². The first-order valence-electron chi connectivity index (χ1n) is 8.63. The summed E-state index contributed by atoms with van der Waals surface area (Å²) in [4.78, 5) is 11.7. The summed E-state index contributed by atoms with van der Waals surface area (Å²) in [6, 6.07) is 19.1. The third kappa shape index (κ3) is 2.89. The first-order chi connectivity index (χ1) is 13.6. The number of nitrogens with zero attached hydrogens (tertiary/aromatic N) is 2. The number of hydrogen-bond donors (Lipinski definition) is 0. The molecule has 0 aliphatic heterocycles. The summed E-state index contributed by atoms with van der Waals surface area (Å²) in [6.45, 7) is 0. The van der Waals surface area contributed by atoms with Crippen molar-refractivity contribution in [2.75, 3.05) is 14.2 Å². The first-order valence-corrected chi connectivity index (χ1v) is 8.63. The molecule has 1 aromatic heterocycles. The minimum absolute atomic E-state index is 0.311. The molecule has 0 bridgehead atoms. The minimum Gasteiger partial charge on any atom is -0.496 e. The molecule has 0 spiro atoms. The fourth-order valence-electron chi connectivity index (χ4n) is 3.21. The molecule has 6 heteroatoms. The predicted molar refractivity (Wildman–Crippen MR) is 104 cm³/mol. The SMILES string of the molecule is COC(=O)c1ccc(-n2nc(-c3c(F)cccc3OC)c3ccccc32)cc1. The van der Waals surface area contributed by atoms with Gasteiger partial charge in [-0.1, -0.05) is 24.3 Å². The summed E-state index contributed by atoms with van der Waals surface area (Å²) in [5, 5.41) is 5.47. The van der Waals surface area contributed by atoms with Crippen LogP contribution in [-0.4, -0.2) is 30.0 Å². The van der Waals surface area contributed by atoms with E-state index in [1.807, 2.05) is 24.3 Å². The van der Waals surface area contributed by atoms with Gasteiger partial charge in [-0.2, -0.15) is 5.10 Å². The van der Waals surface area contributed by atoms with Gasteiger partial charge in [0.2, 0.25) is 0 Å². The van der Waals surface area contributed by atoms with Crippen LogP contribution < -0.4 is 4.74 Å². The maximum absolute atomic E-state index is 14.7. The second kappa shape index (κ2) is 7.15. The number of para-hydroxylation sites is 1. The van der Waals surface area contributed by atoms with Gasteiger partial charge in [-0.15, -0.1) is 0 Å². The number of ether oxygens (including phenoxy) is 2. The molecule has 3 aromatic carbocycles. The maximum Gasteiger partial charge on any atom is 0.337 e. The van der Waals surface area contributed by atoms with Crippen LogP contribution in [-0.2, 0) is 4.74 Å². The van der Waals surface area contributed by atoms with Crippen molar-refractivity contribution in [3.05, 3.63) is 78.1 Å². The van der Waals surface area contributed by atoms with E-state index in [1.54, 1.807) is 41.1 Å². The highest BCUT2D eigenvalue weighted by molar-refractivity contribution is 5.96. The second-order valence-corrected chi connectivity index (χ2v) is 6.13. The Morgan fingerprint density at radius 2 is 1.71 bits per heavy atom. The van der Waals surface area contributed by atoms with Gasteiger partial charge < -0.3 is 9.47 Å². The molecule has 5 nitrogen and oxygen atoms in total. The standard InChI is InChI=1S/C22H17FN2O3/c1-27-19-9-5-7-17(23)20(19)21-16-6-3-4-8-18(16)25(24-21)15-12-10-14(11-13-15)22(26)28-2/h3-13H,1-2H3. The number of carbonyl (C=O) groups excluding carboxylic acids is 1. The summed E-state index contributed by atoms with van der Waals surface area (Å²) >= 11 is 0. The highest BCUT2D eigenvalue weighted by Crippen LogP contribution is 2.37. The number of methoxy groups -OCH3 is 2. The van der Waals surface area contributed by atoms with Gasteiger partial charge in [0, 0.05) is 5.39 Å². The van der Waals surface area contributed by atoms with Crippen LogP contribution in [0, 0.1) is 5.82 Å². The molecule has 4 rings (SSSR count). The lowest BCUT2D eigenvalue weighted by Gasteiger charge is -2.07. The maximum atomic E-state index is 14.7. The zero-order valence-electron chi connectivity index (χ0n) is 15.3. The number of benzene rings is 3. The van der Waals surface area contributed by atoms with Gasteiger partial charge in [0.15, 0.2) is 0 Å². The molecule has 0 fully saturated rings. The van der Waals surface area contributed by atoms with Crippen LogP contribution in [0.4, 0.5) is 4.39 Å². The number of hydrogen-bond acceptors (Lipinski definition) is 4. The Labute approximate surface area is 160 Å². The molecule has 0 aliphatic rings. The van der Waals surface area contributed by atoms with E-state index in [-0.39, 0.29) is 0 Å². The molecule has 4 aromatic rings. The zero-order valence-corrected chi connectivity index (χ0v) is 15.3. The van der Waals surface area contributed by atoms with Crippen molar-refractivity contribution in [1.29, 1.82) is 0 Å². The number of aromatic nitrogens is 2. The summed E-state index contributed by atoms with van der Waals surface area (Å²) < 4.78 is 26.5. The second-order valence-electron chi connectivity index (χ2n) is 6.13. The summed E-state index contributed by atoms with van der Waals surface area (Å²) in [7, 11) is 2.84. The highest BCUT2D eigenvalue weighted by Gasteiger charge is 2.20. The van der Waals surface area contributed by atoms with E-state index in [0.717, 1.165) is 16.6 Å². The fraction of sp³-hybridized carbons (Fsp3) is 0.0909. The highest BCUT2D eigenvalue weighted by atomic mass is 19.1. The molecule has 0 unspecified atom stereocenters. The van der Waals surface area contributed by atoms with Crippen LogP contribution in [0.1, 0.15) is 10.4 Å². The molecule has 0 N–H and O–H groups in total. The van der Waals surface area contributed by atoms with E-state index >= 15 is 0 Å². The van der Waals surface area contributed by atoms with Crippen molar-refractivity contribution in [2.45, 2.75) is 0 Å². The Morgan fingerprint density at radius 3 is 2.43 bits per heavy atom. The zero-order chi connectivity index (χ0) is 19.7. The van der Waals surface area contributed by atoms with Gasteiger partial charge in [-0.3, -0.25) is 0 Å². The Hall–Kier alpha value is -3.67. The minimum atomic E-state index is -0.409. The molecular weight excluding hydrogens is 359 g/mol. The van der Waals surface area contributed by atoms with E-state index in [2.05, 4.69) is 5.10 Å². The molecule has 0 amide bonds. The molecule has 0 saturated carbocycles. The van der Waals surface area contributed by atoms with Gasteiger partial charge in [0.25, 0.3) is 0 Å². The number of rotatable bonds is 4. The third-order valence-electron chi connectivity index (χ3n) is 4.55. The number of esters is 1. The molecule has 0 atom stereocenters. The Bertz CT molecular complexity index is 1170. The van der Waals surface area contributed by atoms with E-state index in [9.17, 15) is 9.18 Å². The van der Waals surface area contributed by atoms with Crippen molar-refractivity contribution >= 4 is 16.9 Å². The molecular formula is C22H17FN2O3. The lowest BCUT2D eigenvalue weighted by Crippen LogP contribution is -2.02. The summed E-state index contributed by atoms with van der Waals surface area (Å²) in [5.74, 6) is -0.402. The van der Waals surface area contributed by atoms with E-state index in [1.165, 1.54) is 20.3 Å². The topological polar surface area (TPSA) is 53.4 Å². The van der Waals surface area contributed by atoms with Crippen molar-refractivity contribution in [2.24, 2.45) is 0 Å². The smallest absolute Gasteiger partial charge is 0.337 e. The molecule has 0 aliphatic carbocycles. The van der Waals surface area contributed by atoms with E-state index in [4.69, 9.17) is 9.47 Å². The lowest BCUT2D eigenvalue weighted by atomic mass is 10.1. The molecule has 140 valence electrons. The lowest BCUT2D eigenvalue weighted by molar-refractivity contribution is 0.0600. The predicted octanol–water partition coefficient (Wildman–Crippen LogP) is 4.63. The van der Waals surface area contributed by atoms with Crippen LogP contribution >= 0.6 is 0 Å². The first kappa shape index (κ1) is 17.7. The Morgan fingerprint density at radius 1 is 0.964 bits per heavy atom. The average molecular weight is 376 g/mol. The molecule has 1 heterocycles. The molecule has 28 heavy (non-hydrogen) atoms. The monoisotopic (exact) mass is 376 g/mol. The normalized spacial score (nSPS) is 10.8. The van der Waals surface area contributed by atoms with Crippen LogP contribution in [0.25, 0.3) is 27.8 Å². The Balaban J connectivity index is 1.92. The quantitative estimate of drug-likeness (QED) is 0.488. The largest absolute Gasteiger partial charge is 0.496 e. The number of carbonyl (C=O) groups is 1. The average Bonchev–Trinajstić information content (AvgIpc) is 3.12. The summed E-state index contributed by atoms with van der Waals surface area (Å²) in [5.41, 5.74) is 2.80.